The number of hydrogen-bond acceptors (Lipinski definition) is 1. The Balaban J connectivity index is 2.13. The minimum Gasteiger partial charge on any atom is -0.299 e. The van der Waals surface area contributed by atoms with Crippen LogP contribution in [0.4, 0.5) is 0 Å². The summed E-state index contributed by atoms with van der Waals surface area (Å²) in [4.78, 5) is 10.5. The Labute approximate surface area is 41.7 Å². The molecule has 7 heavy (non-hydrogen) atoms. The van der Waals surface area contributed by atoms with Crippen molar-refractivity contribution in [1.82, 2.24) is 0 Å². The lowest BCUT2D eigenvalue weighted by atomic mass is 9.27. The average molecular weight is 94.1 g/mol. The van der Waals surface area contributed by atoms with Gasteiger partial charge in [0.1, 0.15) is 5.78 Å². The molecule has 0 radical (unpaired) electrons. The lowest BCUT2D eigenvalue weighted by Crippen LogP contribution is -2.78. The lowest BCUT2D eigenvalue weighted by molar-refractivity contribution is -0.243. The number of carbonyl (C=O) groups excluding carboxylic acids is 1. The van der Waals surface area contributed by atoms with Crippen molar-refractivity contribution in [2.45, 2.75) is 6.42 Å². The lowest BCUT2D eigenvalue weighted by Gasteiger charge is -2.74. The van der Waals surface area contributed by atoms with Crippen LogP contribution in [0.1, 0.15) is 6.42 Å². The molecule has 0 heterocycles. The maximum Gasteiger partial charge on any atom is 0.140 e. The monoisotopic (exact) mass is 94.0 g/mol. The normalized spacial score (nSPS) is 70.6. The van der Waals surface area contributed by atoms with Gasteiger partial charge in [0.05, 0.1) is 0 Å². The van der Waals surface area contributed by atoms with Crippen molar-refractivity contribution in [2.75, 3.05) is 0 Å². The van der Waals surface area contributed by atoms with Gasteiger partial charge in [0.25, 0.3) is 0 Å². The maximum absolute atomic E-state index is 10.5. The molecule has 0 aromatic carbocycles. The fraction of sp³-hybridized carbons (Fsp3) is 0.833. The third-order valence-corrected chi connectivity index (χ3v) is 3.05. The second-order valence-electron chi connectivity index (χ2n) is 3.02. The van der Waals surface area contributed by atoms with Crippen LogP contribution < -0.4 is 0 Å². The van der Waals surface area contributed by atoms with E-state index in [2.05, 4.69) is 0 Å². The van der Waals surface area contributed by atoms with Crippen molar-refractivity contribution >= 4 is 5.78 Å². The van der Waals surface area contributed by atoms with Gasteiger partial charge in [-0.2, -0.15) is 0 Å². The third kappa shape index (κ3) is 0.0997. The van der Waals surface area contributed by atoms with E-state index in [1.54, 1.807) is 0 Å². The highest BCUT2D eigenvalue weighted by Crippen LogP contribution is 2.74. The Bertz CT molecular complexity index is 138. The van der Waals surface area contributed by atoms with Crippen LogP contribution in [0.2, 0.25) is 0 Å². The van der Waals surface area contributed by atoms with Gasteiger partial charge >= 0.3 is 0 Å². The number of rotatable bonds is 0. The minimum absolute atomic E-state index is 0.584. The van der Waals surface area contributed by atoms with E-state index in [1.807, 2.05) is 0 Å². The molecule has 1 heteroatoms. The average Bonchev–Trinajstić information content (AvgIpc) is 1.23. The van der Waals surface area contributed by atoms with E-state index in [0.717, 1.165) is 11.8 Å². The molecule has 0 N–H and O–H groups in total. The van der Waals surface area contributed by atoms with Crippen molar-refractivity contribution in [1.29, 1.82) is 0 Å². The SMILES string of the molecule is O=C1C2C3CC2C13. The summed E-state index contributed by atoms with van der Waals surface area (Å²) in [5.74, 6) is 3.59. The molecule has 5 rings (SSSR count). The summed E-state index contributed by atoms with van der Waals surface area (Å²) in [6.07, 6.45) is 1.39. The summed E-state index contributed by atoms with van der Waals surface area (Å²) in [5, 5.41) is 0. The Morgan fingerprint density at radius 1 is 1.29 bits per heavy atom. The van der Waals surface area contributed by atoms with Crippen LogP contribution in [-0.2, 0) is 4.79 Å². The number of carbonyl (C=O) groups is 1. The van der Waals surface area contributed by atoms with Gasteiger partial charge in [0.15, 0.2) is 0 Å². The molecule has 4 bridgehead atoms. The van der Waals surface area contributed by atoms with Crippen molar-refractivity contribution in [3.63, 3.8) is 0 Å². The smallest absolute Gasteiger partial charge is 0.140 e. The van der Waals surface area contributed by atoms with Gasteiger partial charge in [-0.05, 0) is 18.3 Å². The fourth-order valence-electron chi connectivity index (χ4n) is 2.27. The van der Waals surface area contributed by atoms with Gasteiger partial charge in [-0.15, -0.1) is 0 Å². The van der Waals surface area contributed by atoms with Gasteiger partial charge in [0, 0.05) is 11.8 Å². The summed E-state index contributed by atoms with van der Waals surface area (Å²) in [6.45, 7) is 0. The highest BCUT2D eigenvalue weighted by atomic mass is 16.1. The van der Waals surface area contributed by atoms with Crippen LogP contribution in [0.5, 0.6) is 0 Å². The number of hydrogen-bond donors (Lipinski definition) is 0. The second-order valence-corrected chi connectivity index (χ2v) is 3.02. The molecule has 5 fully saturated rings. The van der Waals surface area contributed by atoms with Crippen LogP contribution in [-0.4, -0.2) is 5.78 Å². The standard InChI is InChI=1S/C6H6O/c7-6-4-2-1-3(4)5(2)6/h2-5H,1H2. The molecule has 0 atom stereocenters. The predicted octanol–water partition coefficient (Wildman–Crippen LogP) is 0.451. The Kier molecular flexibility index (Phi) is 0.205. The molecule has 0 aromatic heterocycles. The van der Waals surface area contributed by atoms with Crippen LogP contribution in [0, 0.1) is 23.7 Å². The first-order valence-electron chi connectivity index (χ1n) is 2.93. The number of ketones is 1. The zero-order valence-corrected chi connectivity index (χ0v) is 3.92. The molecule has 0 unspecified atom stereocenters. The Hall–Kier alpha value is -0.330. The van der Waals surface area contributed by atoms with Gasteiger partial charge in [0.2, 0.25) is 0 Å². The van der Waals surface area contributed by atoms with Gasteiger partial charge in [-0.25, -0.2) is 0 Å². The molecule has 0 saturated heterocycles. The first kappa shape index (κ1) is 2.85. The highest BCUT2D eigenvalue weighted by molar-refractivity contribution is 5.99. The topological polar surface area (TPSA) is 17.1 Å². The Morgan fingerprint density at radius 2 is 1.86 bits per heavy atom. The predicted molar refractivity (Wildman–Crippen MR) is 23.6 cm³/mol. The molecule has 1 nitrogen and oxygen atoms in total. The molecule has 0 spiro atoms. The van der Waals surface area contributed by atoms with Crippen LogP contribution in [0.15, 0.2) is 0 Å². The van der Waals surface area contributed by atoms with Crippen molar-refractivity contribution < 1.29 is 4.79 Å². The molecule has 0 aromatic rings. The van der Waals surface area contributed by atoms with Crippen molar-refractivity contribution in [3.05, 3.63) is 0 Å². The third-order valence-electron chi connectivity index (χ3n) is 3.05. The zero-order valence-electron chi connectivity index (χ0n) is 3.92. The van der Waals surface area contributed by atoms with Crippen LogP contribution in [0.3, 0.4) is 0 Å². The van der Waals surface area contributed by atoms with E-state index in [1.165, 1.54) is 6.42 Å². The van der Waals surface area contributed by atoms with E-state index < -0.39 is 0 Å². The van der Waals surface area contributed by atoms with E-state index >= 15 is 0 Å². The van der Waals surface area contributed by atoms with Gasteiger partial charge < -0.3 is 0 Å². The van der Waals surface area contributed by atoms with E-state index in [0.29, 0.717) is 17.6 Å². The molecule has 5 aliphatic carbocycles. The van der Waals surface area contributed by atoms with Gasteiger partial charge in [-0.3, -0.25) is 4.79 Å². The molecular weight excluding hydrogens is 88.1 g/mol. The molecule has 5 aliphatic rings. The molecule has 0 amide bonds. The summed E-state index contributed by atoms with van der Waals surface area (Å²) >= 11 is 0. The molecule has 36 valence electrons. The summed E-state index contributed by atoms with van der Waals surface area (Å²) in [7, 11) is 0. The maximum atomic E-state index is 10.5. The summed E-state index contributed by atoms with van der Waals surface area (Å²) < 4.78 is 0. The second kappa shape index (κ2) is 0.504. The molecular formula is C6H6O. The molecule has 5 saturated carbocycles. The van der Waals surface area contributed by atoms with E-state index in [-0.39, 0.29) is 0 Å². The van der Waals surface area contributed by atoms with Crippen molar-refractivity contribution in [3.8, 4) is 0 Å². The van der Waals surface area contributed by atoms with Crippen LogP contribution in [0.25, 0.3) is 0 Å². The van der Waals surface area contributed by atoms with Gasteiger partial charge in [-0.1, -0.05) is 0 Å². The van der Waals surface area contributed by atoms with Crippen molar-refractivity contribution in [2.24, 2.45) is 23.7 Å². The van der Waals surface area contributed by atoms with Crippen LogP contribution >= 0.6 is 0 Å². The first-order valence-corrected chi connectivity index (χ1v) is 2.93. The summed E-state index contributed by atoms with van der Waals surface area (Å²) in [6, 6.07) is 0. The van der Waals surface area contributed by atoms with E-state index in [9.17, 15) is 4.79 Å². The summed E-state index contributed by atoms with van der Waals surface area (Å²) in [5.41, 5.74) is 0. The Morgan fingerprint density at radius 3 is 1.86 bits per heavy atom. The zero-order chi connectivity index (χ0) is 4.59. The minimum atomic E-state index is 0.584. The first-order chi connectivity index (χ1) is 3.39. The fourth-order valence-corrected chi connectivity index (χ4v) is 2.27. The largest absolute Gasteiger partial charge is 0.299 e. The number of Topliss-reactive ketones (excluding diaryl/α,β-unsaturated/α-hetero) is 1. The molecule has 0 aliphatic heterocycles. The highest BCUT2D eigenvalue weighted by Gasteiger charge is 2.77. The quantitative estimate of drug-likeness (QED) is 0.426. The van der Waals surface area contributed by atoms with E-state index in [4.69, 9.17) is 0 Å².